The van der Waals surface area contributed by atoms with Crippen LogP contribution in [0.2, 0.25) is 0 Å². The molecule has 5 heteroatoms. The zero-order chi connectivity index (χ0) is 13.9. The fraction of sp³-hybridized carbons (Fsp3) is 0.533. The first-order valence-electron chi connectivity index (χ1n) is 7.30. The van der Waals surface area contributed by atoms with E-state index in [2.05, 4.69) is 15.5 Å². The Bertz CT molecular complexity index is 494. The molecule has 2 aliphatic heterocycles. The van der Waals surface area contributed by atoms with Crippen LogP contribution >= 0.6 is 0 Å². The van der Waals surface area contributed by atoms with Crippen molar-refractivity contribution in [3.05, 3.63) is 24.0 Å². The highest BCUT2D eigenvalue weighted by atomic mass is 19.1. The zero-order valence-electron chi connectivity index (χ0n) is 11.5. The van der Waals surface area contributed by atoms with Gasteiger partial charge in [0.05, 0.1) is 11.6 Å². The fourth-order valence-corrected chi connectivity index (χ4v) is 2.92. The molecule has 20 heavy (non-hydrogen) atoms. The molecule has 1 aromatic rings. The Labute approximate surface area is 118 Å². The van der Waals surface area contributed by atoms with E-state index in [1.54, 1.807) is 12.1 Å². The van der Waals surface area contributed by atoms with Crippen molar-refractivity contribution in [1.29, 1.82) is 0 Å². The molecule has 0 spiro atoms. The number of halogens is 1. The third kappa shape index (κ3) is 2.77. The highest BCUT2D eigenvalue weighted by molar-refractivity contribution is 5.93. The molecule has 1 atom stereocenters. The lowest BCUT2D eigenvalue weighted by Gasteiger charge is -2.19. The maximum atomic E-state index is 14.1. The molecule has 2 aliphatic rings. The van der Waals surface area contributed by atoms with Gasteiger partial charge in [-0.3, -0.25) is 4.79 Å². The third-order valence-electron chi connectivity index (χ3n) is 4.09. The molecule has 0 unspecified atom stereocenters. The summed E-state index contributed by atoms with van der Waals surface area (Å²) in [6.07, 6.45) is 3.08. The first-order chi connectivity index (χ1) is 9.74. The number of carbonyl (C=O) groups is 1. The minimum Gasteiger partial charge on any atom is -0.369 e. The van der Waals surface area contributed by atoms with Crippen LogP contribution in [0.5, 0.6) is 0 Å². The number of nitrogens with one attached hydrogen (secondary N) is 2. The smallest absolute Gasteiger partial charge is 0.228 e. The van der Waals surface area contributed by atoms with E-state index in [0.29, 0.717) is 17.9 Å². The number of rotatable bonds is 3. The SMILES string of the molecule is O=C(Nc1ccc(N2CCCC2)c(F)c1)[C@H]1CCNC1. The van der Waals surface area contributed by atoms with Crippen LogP contribution in [0, 0.1) is 11.7 Å². The summed E-state index contributed by atoms with van der Waals surface area (Å²) in [6, 6.07) is 4.98. The van der Waals surface area contributed by atoms with Gasteiger partial charge in [0.15, 0.2) is 0 Å². The maximum Gasteiger partial charge on any atom is 0.228 e. The Kier molecular flexibility index (Phi) is 3.87. The largest absolute Gasteiger partial charge is 0.369 e. The highest BCUT2D eigenvalue weighted by Gasteiger charge is 2.23. The summed E-state index contributed by atoms with van der Waals surface area (Å²) in [4.78, 5) is 14.0. The summed E-state index contributed by atoms with van der Waals surface area (Å²) >= 11 is 0. The van der Waals surface area contributed by atoms with Crippen molar-refractivity contribution in [3.63, 3.8) is 0 Å². The molecule has 0 aliphatic carbocycles. The summed E-state index contributed by atoms with van der Waals surface area (Å²) < 4.78 is 14.1. The molecule has 2 fully saturated rings. The molecule has 2 N–H and O–H groups in total. The number of nitrogens with zero attached hydrogens (tertiary/aromatic N) is 1. The Morgan fingerprint density at radius 1 is 1.35 bits per heavy atom. The Balaban J connectivity index is 1.68. The van der Waals surface area contributed by atoms with E-state index in [0.717, 1.165) is 38.9 Å². The van der Waals surface area contributed by atoms with Gasteiger partial charge >= 0.3 is 0 Å². The number of hydrogen-bond acceptors (Lipinski definition) is 3. The normalized spacial score (nSPS) is 22.2. The molecule has 0 radical (unpaired) electrons. The number of amides is 1. The molecule has 0 bridgehead atoms. The quantitative estimate of drug-likeness (QED) is 0.888. The molecule has 0 saturated carbocycles. The Morgan fingerprint density at radius 3 is 2.80 bits per heavy atom. The average Bonchev–Trinajstić information content (AvgIpc) is 3.12. The van der Waals surface area contributed by atoms with Crippen molar-refractivity contribution >= 4 is 17.3 Å². The third-order valence-corrected chi connectivity index (χ3v) is 4.09. The summed E-state index contributed by atoms with van der Waals surface area (Å²) in [5, 5.41) is 5.96. The minimum atomic E-state index is -0.255. The van der Waals surface area contributed by atoms with Gasteiger partial charge in [0, 0.05) is 25.3 Å². The first kappa shape index (κ1) is 13.4. The van der Waals surface area contributed by atoms with Crippen molar-refractivity contribution < 1.29 is 9.18 Å². The minimum absolute atomic E-state index is 0.00341. The van der Waals surface area contributed by atoms with Gasteiger partial charge in [0.2, 0.25) is 5.91 Å². The van der Waals surface area contributed by atoms with Gasteiger partial charge in [-0.25, -0.2) is 4.39 Å². The van der Waals surface area contributed by atoms with Crippen molar-refractivity contribution in [2.45, 2.75) is 19.3 Å². The van der Waals surface area contributed by atoms with E-state index < -0.39 is 0 Å². The maximum absolute atomic E-state index is 14.1. The Morgan fingerprint density at radius 2 is 2.15 bits per heavy atom. The van der Waals surface area contributed by atoms with Crippen LogP contribution in [0.4, 0.5) is 15.8 Å². The van der Waals surface area contributed by atoms with E-state index in [1.807, 2.05) is 0 Å². The zero-order valence-corrected chi connectivity index (χ0v) is 11.5. The van der Waals surface area contributed by atoms with E-state index >= 15 is 0 Å². The number of carbonyl (C=O) groups excluding carboxylic acids is 1. The van der Waals surface area contributed by atoms with Gasteiger partial charge in [-0.05, 0) is 44.0 Å². The summed E-state index contributed by atoms with van der Waals surface area (Å²) in [6.45, 7) is 3.41. The van der Waals surface area contributed by atoms with Crippen LogP contribution in [-0.4, -0.2) is 32.1 Å². The second kappa shape index (κ2) is 5.79. The van der Waals surface area contributed by atoms with Gasteiger partial charge in [0.25, 0.3) is 0 Å². The van der Waals surface area contributed by atoms with Gasteiger partial charge < -0.3 is 15.5 Å². The van der Waals surface area contributed by atoms with Crippen molar-refractivity contribution in [2.75, 3.05) is 36.4 Å². The van der Waals surface area contributed by atoms with Crippen LogP contribution in [0.1, 0.15) is 19.3 Å². The fourth-order valence-electron chi connectivity index (χ4n) is 2.92. The number of anilines is 2. The summed E-state index contributed by atoms with van der Waals surface area (Å²) in [5.41, 5.74) is 1.19. The molecule has 108 valence electrons. The van der Waals surface area contributed by atoms with Gasteiger partial charge in [0.1, 0.15) is 5.82 Å². The molecule has 3 rings (SSSR count). The lowest BCUT2D eigenvalue weighted by atomic mass is 10.1. The topological polar surface area (TPSA) is 44.4 Å². The number of hydrogen-bond donors (Lipinski definition) is 2. The van der Waals surface area contributed by atoms with Gasteiger partial charge in [-0.15, -0.1) is 0 Å². The van der Waals surface area contributed by atoms with E-state index in [-0.39, 0.29) is 17.6 Å². The van der Waals surface area contributed by atoms with Gasteiger partial charge in [-0.1, -0.05) is 0 Å². The monoisotopic (exact) mass is 277 g/mol. The van der Waals surface area contributed by atoms with E-state index in [9.17, 15) is 9.18 Å². The second-order valence-corrected chi connectivity index (χ2v) is 5.54. The predicted molar refractivity (Wildman–Crippen MR) is 77.5 cm³/mol. The van der Waals surface area contributed by atoms with Crippen LogP contribution < -0.4 is 15.5 Å². The van der Waals surface area contributed by atoms with Crippen LogP contribution in [-0.2, 0) is 4.79 Å². The van der Waals surface area contributed by atoms with Crippen LogP contribution in [0.25, 0.3) is 0 Å². The Hall–Kier alpha value is -1.62. The molecule has 1 amide bonds. The highest BCUT2D eigenvalue weighted by Crippen LogP contribution is 2.26. The molecular formula is C15H20FN3O. The molecule has 4 nitrogen and oxygen atoms in total. The van der Waals surface area contributed by atoms with Crippen LogP contribution in [0.3, 0.4) is 0 Å². The predicted octanol–water partition coefficient (Wildman–Crippen LogP) is 1.97. The van der Waals surface area contributed by atoms with Crippen LogP contribution in [0.15, 0.2) is 18.2 Å². The number of benzene rings is 1. The second-order valence-electron chi connectivity index (χ2n) is 5.54. The van der Waals surface area contributed by atoms with E-state index in [4.69, 9.17) is 0 Å². The van der Waals surface area contributed by atoms with Gasteiger partial charge in [-0.2, -0.15) is 0 Å². The summed E-state index contributed by atoms with van der Waals surface area (Å²) in [5.74, 6) is -0.283. The summed E-state index contributed by atoms with van der Waals surface area (Å²) in [7, 11) is 0. The first-order valence-corrected chi connectivity index (χ1v) is 7.30. The lowest BCUT2D eigenvalue weighted by molar-refractivity contribution is -0.119. The van der Waals surface area contributed by atoms with Crippen molar-refractivity contribution in [3.8, 4) is 0 Å². The molecule has 2 heterocycles. The molecule has 0 aromatic heterocycles. The lowest BCUT2D eigenvalue weighted by Crippen LogP contribution is -2.25. The molecule has 2 saturated heterocycles. The average molecular weight is 277 g/mol. The molecular weight excluding hydrogens is 257 g/mol. The standard InChI is InChI=1S/C15H20FN3O/c16-13-9-12(18-15(20)11-5-6-17-10-11)3-4-14(13)19-7-1-2-8-19/h3-4,9,11,17H,1-2,5-8,10H2,(H,18,20)/t11-/m0/s1. The van der Waals surface area contributed by atoms with Crippen molar-refractivity contribution in [2.24, 2.45) is 5.92 Å². The van der Waals surface area contributed by atoms with E-state index in [1.165, 1.54) is 6.07 Å². The molecule has 1 aromatic carbocycles. The van der Waals surface area contributed by atoms with Crippen molar-refractivity contribution in [1.82, 2.24) is 5.32 Å².